The number of fused-ring (bicyclic) bond motifs is 1. The van der Waals surface area contributed by atoms with Crippen LogP contribution in [0.5, 0.6) is 5.75 Å². The van der Waals surface area contributed by atoms with Gasteiger partial charge in [0.15, 0.2) is 0 Å². The first-order valence-electron chi connectivity index (χ1n) is 25.9. The molecule has 0 aliphatic rings. The maximum Gasteiger partial charge on any atom is 0.149 e. The molecule has 0 amide bonds. The number of hydrogen-bond acceptors (Lipinski definition) is 3. The number of nitrogens with zero attached hydrogens (tertiary/aromatic N) is 3. The topological polar surface area (TPSA) is 50.9 Å². The van der Waals surface area contributed by atoms with Gasteiger partial charge in [-0.1, -0.05) is 181 Å². The Kier molecular flexibility index (Phi) is 11.2. The van der Waals surface area contributed by atoms with Gasteiger partial charge in [0.25, 0.3) is 0 Å². The zero-order valence-electron chi connectivity index (χ0n) is 44.3. The zero-order valence-corrected chi connectivity index (χ0v) is 41.3. The third-order valence-corrected chi connectivity index (χ3v) is 13.7. The standard InChI is InChI=1S/C66H61N3O/c1-41(2)50-37-56(42(3)4)64(70)59(38-50)65-68-63-55(52-34-51(45-17-12-10-13-18-45)35-53(36-52)60-39-49(31-32-67-60)46-25-23-43(5)24-26-46)21-16-22-61(63)69(65)62-33-44(6)57(47-19-14-11-15-20-47)40-58(62)48-27-29-54(30-28-48)66(7,8)9/h10-42,70H,1-9H3/i5D3. The number of aromatic nitrogens is 3. The van der Waals surface area contributed by atoms with E-state index in [-0.39, 0.29) is 23.0 Å². The van der Waals surface area contributed by atoms with Gasteiger partial charge in [-0.3, -0.25) is 9.55 Å². The number of rotatable bonds is 10. The predicted octanol–water partition coefficient (Wildman–Crippen LogP) is 18.0. The van der Waals surface area contributed by atoms with Crippen LogP contribution in [0.3, 0.4) is 0 Å². The lowest BCUT2D eigenvalue weighted by molar-refractivity contribution is 0.466. The lowest BCUT2D eigenvalue weighted by Gasteiger charge is -2.22. The fourth-order valence-electron chi connectivity index (χ4n) is 9.73. The van der Waals surface area contributed by atoms with E-state index in [9.17, 15) is 5.11 Å². The highest BCUT2D eigenvalue weighted by atomic mass is 16.3. The van der Waals surface area contributed by atoms with Crippen LogP contribution in [0.15, 0.2) is 188 Å². The van der Waals surface area contributed by atoms with E-state index < -0.39 is 6.85 Å². The Morgan fingerprint density at radius 1 is 0.529 bits per heavy atom. The van der Waals surface area contributed by atoms with Crippen molar-refractivity contribution in [1.29, 1.82) is 0 Å². The molecule has 0 unspecified atom stereocenters. The summed E-state index contributed by atoms with van der Waals surface area (Å²) in [5, 5.41) is 12.5. The molecule has 0 aliphatic heterocycles. The first-order valence-corrected chi connectivity index (χ1v) is 24.4. The van der Waals surface area contributed by atoms with Gasteiger partial charge in [-0.15, -0.1) is 0 Å². The van der Waals surface area contributed by atoms with Crippen LogP contribution in [0.2, 0.25) is 0 Å². The van der Waals surface area contributed by atoms with Crippen molar-refractivity contribution >= 4 is 11.0 Å². The number of aryl methyl sites for hydroxylation is 2. The van der Waals surface area contributed by atoms with Crippen molar-refractivity contribution in [3.8, 4) is 89.7 Å². The van der Waals surface area contributed by atoms with E-state index in [2.05, 4.69) is 206 Å². The second-order valence-electron chi connectivity index (χ2n) is 20.3. The van der Waals surface area contributed by atoms with Crippen molar-refractivity contribution in [1.82, 2.24) is 14.5 Å². The van der Waals surface area contributed by atoms with Crippen molar-refractivity contribution in [3.63, 3.8) is 0 Å². The third-order valence-electron chi connectivity index (χ3n) is 13.7. The molecule has 0 fully saturated rings. The van der Waals surface area contributed by atoms with Crippen LogP contribution in [0, 0.1) is 13.8 Å². The summed E-state index contributed by atoms with van der Waals surface area (Å²) in [7, 11) is 0. The van der Waals surface area contributed by atoms with Gasteiger partial charge in [0.05, 0.1) is 28.0 Å². The third kappa shape index (κ3) is 8.87. The molecule has 346 valence electrons. The van der Waals surface area contributed by atoms with E-state index in [1.807, 2.05) is 30.5 Å². The fraction of sp³-hybridized carbons (Fsp3) is 0.182. The van der Waals surface area contributed by atoms with Crippen molar-refractivity contribution in [3.05, 3.63) is 216 Å². The predicted molar refractivity (Wildman–Crippen MR) is 295 cm³/mol. The molecule has 0 saturated carbocycles. The lowest BCUT2D eigenvalue weighted by Crippen LogP contribution is -2.10. The van der Waals surface area contributed by atoms with Gasteiger partial charge in [0.2, 0.25) is 0 Å². The molecule has 2 aromatic heterocycles. The Hall–Kier alpha value is -7.82. The number of para-hydroxylation sites is 1. The summed E-state index contributed by atoms with van der Waals surface area (Å²) < 4.78 is 26.0. The van der Waals surface area contributed by atoms with Gasteiger partial charge in [0.1, 0.15) is 11.6 Å². The highest BCUT2D eigenvalue weighted by molar-refractivity contribution is 5.99. The second kappa shape index (κ2) is 18.6. The average molecular weight is 915 g/mol. The summed E-state index contributed by atoms with van der Waals surface area (Å²) in [6, 6.07) is 63.0. The molecule has 8 aromatic carbocycles. The zero-order chi connectivity index (χ0) is 51.3. The number of phenols is 1. The van der Waals surface area contributed by atoms with Crippen molar-refractivity contribution < 1.29 is 9.22 Å². The molecule has 10 aromatic rings. The highest BCUT2D eigenvalue weighted by Gasteiger charge is 2.26. The summed E-state index contributed by atoms with van der Waals surface area (Å²) in [6.45, 7) is 15.4. The molecule has 70 heavy (non-hydrogen) atoms. The van der Waals surface area contributed by atoms with Gasteiger partial charge >= 0.3 is 0 Å². The minimum Gasteiger partial charge on any atom is -0.507 e. The van der Waals surface area contributed by atoms with Crippen LogP contribution in [0.25, 0.3) is 95.0 Å². The summed E-state index contributed by atoms with van der Waals surface area (Å²) in [4.78, 5) is 10.7. The SMILES string of the molecule is [2H]C([2H])([2H])c1ccc(-c2ccnc(-c3cc(-c4ccccc4)cc(-c4cccc5c4nc(-c4cc(C(C)C)cc(C(C)C)c4O)n5-c4cc(C)c(-c5ccccc5)cc4-c4ccc(C(C)(C)C)cc4)c3)c2)cc1. The maximum atomic E-state index is 12.5. The van der Waals surface area contributed by atoms with Gasteiger partial charge in [0, 0.05) is 27.0 Å². The van der Waals surface area contributed by atoms with Crippen LogP contribution in [-0.2, 0) is 5.41 Å². The van der Waals surface area contributed by atoms with Crippen molar-refractivity contribution in [2.24, 2.45) is 0 Å². The van der Waals surface area contributed by atoms with Gasteiger partial charge in [-0.05, 0) is 152 Å². The minimum absolute atomic E-state index is 0.0210. The molecule has 4 nitrogen and oxygen atoms in total. The van der Waals surface area contributed by atoms with Gasteiger partial charge in [-0.2, -0.15) is 0 Å². The summed E-state index contributed by atoms with van der Waals surface area (Å²) >= 11 is 0. The van der Waals surface area contributed by atoms with Crippen molar-refractivity contribution in [2.75, 3.05) is 0 Å². The molecule has 10 rings (SSSR count). The summed E-state index contributed by atoms with van der Waals surface area (Å²) in [5.41, 5.74) is 20.0. The molecule has 2 heterocycles. The lowest BCUT2D eigenvalue weighted by atomic mass is 9.85. The number of imidazole rings is 1. The molecule has 0 spiro atoms. The van der Waals surface area contributed by atoms with Gasteiger partial charge in [-0.25, -0.2) is 4.98 Å². The van der Waals surface area contributed by atoms with Crippen LogP contribution in [-0.4, -0.2) is 19.6 Å². The van der Waals surface area contributed by atoms with Crippen LogP contribution < -0.4 is 0 Å². The van der Waals surface area contributed by atoms with Crippen LogP contribution in [0.1, 0.15) is 92.2 Å². The maximum absolute atomic E-state index is 12.5. The molecular formula is C66H61N3O. The Bertz CT molecular complexity index is 3640. The largest absolute Gasteiger partial charge is 0.507 e. The van der Waals surface area contributed by atoms with Crippen LogP contribution in [0.4, 0.5) is 0 Å². The number of benzene rings is 8. The van der Waals surface area contributed by atoms with E-state index in [1.54, 1.807) is 12.1 Å². The number of phenolic OH excluding ortho intramolecular Hbond substituents is 1. The number of hydrogen-bond donors (Lipinski definition) is 1. The summed E-state index contributed by atoms with van der Waals surface area (Å²) in [5.74, 6) is 1.16. The molecule has 0 bridgehead atoms. The minimum atomic E-state index is -2.18. The molecule has 0 radical (unpaired) electrons. The molecule has 0 saturated heterocycles. The monoisotopic (exact) mass is 915 g/mol. The smallest absolute Gasteiger partial charge is 0.149 e. The van der Waals surface area contributed by atoms with E-state index in [0.717, 1.165) is 100 Å². The molecule has 0 aliphatic carbocycles. The van der Waals surface area contributed by atoms with Crippen molar-refractivity contribution in [2.45, 2.75) is 79.5 Å². The Balaban J connectivity index is 1.25. The first-order chi connectivity index (χ1) is 34.9. The molecular weight excluding hydrogens is 851 g/mol. The Morgan fingerprint density at radius 2 is 1.17 bits per heavy atom. The first kappa shape index (κ1) is 42.3. The number of pyridine rings is 1. The normalized spacial score (nSPS) is 12.6. The van der Waals surface area contributed by atoms with E-state index in [0.29, 0.717) is 17.0 Å². The Morgan fingerprint density at radius 3 is 1.84 bits per heavy atom. The van der Waals surface area contributed by atoms with E-state index in [4.69, 9.17) is 14.1 Å². The highest BCUT2D eigenvalue weighted by Crippen LogP contribution is 2.46. The summed E-state index contributed by atoms with van der Waals surface area (Å²) in [6.07, 6.45) is 1.81. The second-order valence-corrected chi connectivity index (χ2v) is 20.3. The molecule has 0 atom stereocenters. The Labute approximate surface area is 418 Å². The average Bonchev–Trinajstić information content (AvgIpc) is 3.78. The van der Waals surface area contributed by atoms with E-state index in [1.165, 1.54) is 5.56 Å². The number of aromatic hydroxyl groups is 1. The molecule has 1 N–H and O–H groups in total. The molecule has 4 heteroatoms. The fourth-order valence-corrected chi connectivity index (χ4v) is 9.73. The quantitative estimate of drug-likeness (QED) is 0.149. The van der Waals surface area contributed by atoms with Crippen LogP contribution >= 0.6 is 0 Å². The van der Waals surface area contributed by atoms with Gasteiger partial charge < -0.3 is 5.11 Å². The van der Waals surface area contributed by atoms with E-state index >= 15 is 0 Å².